The van der Waals surface area contributed by atoms with Gasteiger partial charge in [-0.05, 0) is 42.7 Å². The Bertz CT molecular complexity index is 434. The van der Waals surface area contributed by atoms with Crippen LogP contribution in [-0.4, -0.2) is 28.8 Å². The number of hydrogen-bond acceptors (Lipinski definition) is 2. The zero-order valence-electron chi connectivity index (χ0n) is 17.0. The van der Waals surface area contributed by atoms with Crippen LogP contribution < -0.4 is 0 Å². The molecule has 0 bridgehead atoms. The molecular formula is C19H38O2Si2. The molecule has 0 unspecified atom stereocenters. The molecule has 134 valence electrons. The number of rotatable bonds is 7. The lowest BCUT2D eigenvalue weighted by atomic mass is 10.1. The Kier molecular flexibility index (Phi) is 7.58. The smallest absolute Gasteiger partial charge is 0.193 e. The van der Waals surface area contributed by atoms with E-state index in [0.29, 0.717) is 0 Å². The van der Waals surface area contributed by atoms with Gasteiger partial charge < -0.3 is 8.85 Å². The van der Waals surface area contributed by atoms with Crippen molar-refractivity contribution in [2.45, 2.75) is 96.4 Å². The third kappa shape index (κ3) is 6.23. The van der Waals surface area contributed by atoms with E-state index in [-0.39, 0.29) is 22.3 Å². The molecule has 0 aliphatic rings. The Labute approximate surface area is 147 Å². The number of terminal acetylenes is 1. The number of hydrogen-bond donors (Lipinski definition) is 0. The predicted octanol–water partition coefficient (Wildman–Crippen LogP) is 5.98. The lowest BCUT2D eigenvalue weighted by Gasteiger charge is -2.43. The van der Waals surface area contributed by atoms with Crippen molar-refractivity contribution in [1.29, 1.82) is 0 Å². The van der Waals surface area contributed by atoms with Crippen LogP contribution >= 0.6 is 0 Å². The molecule has 4 heteroatoms. The molecule has 0 aromatic rings. The highest BCUT2D eigenvalue weighted by Gasteiger charge is 2.44. The van der Waals surface area contributed by atoms with Crippen molar-refractivity contribution in [2.75, 3.05) is 0 Å². The van der Waals surface area contributed by atoms with E-state index in [1.165, 1.54) is 0 Å². The Morgan fingerprint density at radius 3 is 1.65 bits per heavy atom. The maximum absolute atomic E-state index is 6.58. The molecule has 2 atom stereocenters. The van der Waals surface area contributed by atoms with Crippen LogP contribution in [0.4, 0.5) is 0 Å². The van der Waals surface area contributed by atoms with Gasteiger partial charge in [0.05, 0.1) is 6.10 Å². The van der Waals surface area contributed by atoms with E-state index in [9.17, 15) is 0 Å². The highest BCUT2D eigenvalue weighted by atomic mass is 28.4. The first-order valence-corrected chi connectivity index (χ1v) is 14.3. The Morgan fingerprint density at radius 1 is 0.957 bits per heavy atom. The minimum atomic E-state index is -1.94. The largest absolute Gasteiger partial charge is 0.410 e. The van der Waals surface area contributed by atoms with Gasteiger partial charge in [0, 0.05) is 0 Å². The van der Waals surface area contributed by atoms with E-state index in [1.807, 2.05) is 6.08 Å². The molecule has 0 saturated heterocycles. The summed E-state index contributed by atoms with van der Waals surface area (Å²) < 4.78 is 13.1. The molecule has 0 rings (SSSR count). The highest BCUT2D eigenvalue weighted by molar-refractivity contribution is 6.74. The van der Waals surface area contributed by atoms with Gasteiger partial charge in [0.25, 0.3) is 0 Å². The van der Waals surface area contributed by atoms with E-state index in [4.69, 9.17) is 15.3 Å². The fourth-order valence-corrected chi connectivity index (χ4v) is 4.20. The molecule has 0 heterocycles. The summed E-state index contributed by atoms with van der Waals surface area (Å²) in [7, 11) is -3.86. The van der Waals surface area contributed by atoms with Gasteiger partial charge in [0.15, 0.2) is 16.6 Å². The molecule has 23 heavy (non-hydrogen) atoms. The molecule has 2 nitrogen and oxygen atoms in total. The summed E-state index contributed by atoms with van der Waals surface area (Å²) in [6.45, 7) is 26.2. The van der Waals surface area contributed by atoms with Gasteiger partial charge in [0.1, 0.15) is 6.10 Å². The second-order valence-corrected chi connectivity index (χ2v) is 18.9. The second-order valence-electron chi connectivity index (χ2n) is 9.41. The monoisotopic (exact) mass is 354 g/mol. The summed E-state index contributed by atoms with van der Waals surface area (Å²) in [6, 6.07) is 0. The van der Waals surface area contributed by atoms with Crippen molar-refractivity contribution in [2.24, 2.45) is 0 Å². The Hall–Kier alpha value is -0.346. The van der Waals surface area contributed by atoms with Crippen LogP contribution in [0, 0.1) is 12.3 Å². The van der Waals surface area contributed by atoms with E-state index in [0.717, 1.165) is 6.42 Å². The quantitative estimate of drug-likeness (QED) is 0.318. The van der Waals surface area contributed by atoms with Gasteiger partial charge in [-0.1, -0.05) is 53.5 Å². The molecule has 0 amide bonds. The molecule has 0 spiro atoms. The summed E-state index contributed by atoms with van der Waals surface area (Å²) >= 11 is 0. The van der Waals surface area contributed by atoms with Crippen LogP contribution in [0.5, 0.6) is 0 Å². The van der Waals surface area contributed by atoms with Crippen molar-refractivity contribution in [1.82, 2.24) is 0 Å². The van der Waals surface area contributed by atoms with E-state index in [2.05, 4.69) is 80.2 Å². The fourth-order valence-electron chi connectivity index (χ4n) is 1.66. The first kappa shape index (κ1) is 22.7. The van der Waals surface area contributed by atoms with Crippen LogP contribution in [0.2, 0.25) is 36.3 Å². The molecular weight excluding hydrogens is 316 g/mol. The van der Waals surface area contributed by atoms with Gasteiger partial charge in [-0.2, -0.15) is 0 Å². The van der Waals surface area contributed by atoms with Crippen LogP contribution in [0.15, 0.2) is 12.7 Å². The van der Waals surface area contributed by atoms with E-state index >= 15 is 0 Å². The highest BCUT2D eigenvalue weighted by Crippen LogP contribution is 2.40. The van der Waals surface area contributed by atoms with Gasteiger partial charge >= 0.3 is 0 Å². The summed E-state index contributed by atoms with van der Waals surface area (Å²) in [6.07, 6.45) is 8.00. The molecule has 0 N–H and O–H groups in total. The van der Waals surface area contributed by atoms with Crippen molar-refractivity contribution < 1.29 is 8.85 Å². The summed E-state index contributed by atoms with van der Waals surface area (Å²) in [5.41, 5.74) is 0. The summed E-state index contributed by atoms with van der Waals surface area (Å²) in [5.74, 6) is 2.85. The van der Waals surface area contributed by atoms with Crippen molar-refractivity contribution in [3.05, 3.63) is 12.7 Å². The average molecular weight is 355 g/mol. The first-order valence-electron chi connectivity index (χ1n) is 8.52. The average Bonchev–Trinajstić information content (AvgIpc) is 2.32. The SMILES string of the molecule is C#C[C@@H](O[Si](C)(C)C(C)(C)C)[C@@H](CC=C)O[Si](C)(C)C(C)(C)C. The third-order valence-corrected chi connectivity index (χ3v) is 14.3. The van der Waals surface area contributed by atoms with Crippen molar-refractivity contribution in [3.63, 3.8) is 0 Å². The zero-order chi connectivity index (χ0) is 18.7. The van der Waals surface area contributed by atoms with Crippen LogP contribution in [0.3, 0.4) is 0 Å². The first-order chi connectivity index (χ1) is 10.1. The minimum absolute atomic E-state index is 0.118. The standard InChI is InChI=1S/C19H38O2Si2/c1-13-15-17(21-23(11,12)19(6,7)8)16(14-2)20-22(9,10)18(3,4)5/h2,13,16-17H,1,15H2,3-12H3/t16-,17-/m1/s1. The lowest BCUT2D eigenvalue weighted by Crippen LogP contribution is -2.51. The van der Waals surface area contributed by atoms with Gasteiger partial charge in [0.2, 0.25) is 0 Å². The predicted molar refractivity (Wildman–Crippen MR) is 108 cm³/mol. The molecule has 0 saturated carbocycles. The third-order valence-electron chi connectivity index (χ3n) is 5.38. The lowest BCUT2D eigenvalue weighted by molar-refractivity contribution is 0.0709. The molecule has 0 aliphatic carbocycles. The van der Waals surface area contributed by atoms with E-state index in [1.54, 1.807) is 0 Å². The van der Waals surface area contributed by atoms with Crippen LogP contribution in [-0.2, 0) is 8.85 Å². The van der Waals surface area contributed by atoms with Crippen molar-refractivity contribution >= 4 is 16.6 Å². The summed E-state index contributed by atoms with van der Waals surface area (Å²) in [5, 5.41) is 0.264. The molecule has 0 fully saturated rings. The maximum Gasteiger partial charge on any atom is 0.193 e. The van der Waals surface area contributed by atoms with Crippen LogP contribution in [0.25, 0.3) is 0 Å². The fraction of sp³-hybridized carbons (Fsp3) is 0.789. The molecule has 0 aromatic heterocycles. The Balaban J connectivity index is 5.42. The zero-order valence-corrected chi connectivity index (χ0v) is 19.0. The van der Waals surface area contributed by atoms with Gasteiger partial charge in [-0.3, -0.25) is 0 Å². The van der Waals surface area contributed by atoms with E-state index < -0.39 is 16.6 Å². The normalized spacial score (nSPS) is 16.6. The van der Waals surface area contributed by atoms with Crippen molar-refractivity contribution in [3.8, 4) is 12.3 Å². The molecule has 0 aliphatic heterocycles. The molecule has 0 aromatic carbocycles. The maximum atomic E-state index is 6.58. The topological polar surface area (TPSA) is 18.5 Å². The van der Waals surface area contributed by atoms with Gasteiger partial charge in [-0.15, -0.1) is 13.0 Å². The summed E-state index contributed by atoms with van der Waals surface area (Å²) in [4.78, 5) is 0. The Morgan fingerprint density at radius 2 is 1.35 bits per heavy atom. The second kappa shape index (κ2) is 7.69. The minimum Gasteiger partial charge on any atom is -0.410 e. The molecule has 0 radical (unpaired) electrons. The van der Waals surface area contributed by atoms with Crippen LogP contribution in [0.1, 0.15) is 48.0 Å². The van der Waals surface area contributed by atoms with Gasteiger partial charge in [-0.25, -0.2) is 0 Å².